The Hall–Kier alpha value is -1.93. The number of hydrogen-bond acceptors (Lipinski definition) is 5. The molecule has 0 amide bonds. The quantitative estimate of drug-likeness (QED) is 0.795. The third-order valence-electron chi connectivity index (χ3n) is 3.23. The highest BCUT2D eigenvalue weighted by atomic mass is 16.7. The first-order chi connectivity index (χ1) is 9.17. The number of nitrogens with one attached hydrogen (secondary N) is 1. The Bertz CT molecular complexity index is 484. The monoisotopic (exact) mass is 262 g/mol. The molecule has 1 aliphatic rings. The van der Waals surface area contributed by atoms with Crippen molar-refractivity contribution in [3.05, 3.63) is 18.2 Å². The number of rotatable bonds is 6. The molecule has 0 aliphatic carbocycles. The molecule has 0 spiro atoms. The number of fused-ring (bicyclic) bond motifs is 1. The SMILES string of the molecule is CNC(C)(C#N)CCCOc1ccc2c(c1)OCO2. The number of ether oxygens (including phenoxy) is 3. The smallest absolute Gasteiger partial charge is 0.231 e. The average molecular weight is 262 g/mol. The van der Waals surface area contributed by atoms with E-state index in [1.54, 1.807) is 7.05 Å². The minimum atomic E-state index is -0.488. The number of nitriles is 1. The van der Waals surface area contributed by atoms with Gasteiger partial charge < -0.3 is 19.5 Å². The van der Waals surface area contributed by atoms with Crippen LogP contribution < -0.4 is 19.5 Å². The first-order valence-electron chi connectivity index (χ1n) is 6.29. The van der Waals surface area contributed by atoms with Crippen molar-refractivity contribution in [3.8, 4) is 23.3 Å². The summed E-state index contributed by atoms with van der Waals surface area (Å²) in [5.41, 5.74) is -0.488. The highest BCUT2D eigenvalue weighted by Crippen LogP contribution is 2.35. The van der Waals surface area contributed by atoms with Crippen LogP contribution in [0, 0.1) is 11.3 Å². The van der Waals surface area contributed by atoms with Gasteiger partial charge in [-0.1, -0.05) is 0 Å². The summed E-state index contributed by atoms with van der Waals surface area (Å²) in [7, 11) is 1.79. The molecule has 102 valence electrons. The lowest BCUT2D eigenvalue weighted by atomic mass is 9.98. The maximum atomic E-state index is 9.02. The van der Waals surface area contributed by atoms with Crippen molar-refractivity contribution in [2.75, 3.05) is 20.4 Å². The lowest BCUT2D eigenvalue weighted by Gasteiger charge is -2.20. The van der Waals surface area contributed by atoms with Gasteiger partial charge in [0.2, 0.25) is 6.79 Å². The molecule has 1 unspecified atom stereocenters. The van der Waals surface area contributed by atoms with Gasteiger partial charge >= 0.3 is 0 Å². The number of nitrogens with zero attached hydrogens (tertiary/aromatic N) is 1. The molecule has 0 saturated heterocycles. The van der Waals surface area contributed by atoms with Crippen LogP contribution in [0.3, 0.4) is 0 Å². The van der Waals surface area contributed by atoms with Gasteiger partial charge in [-0.2, -0.15) is 5.26 Å². The summed E-state index contributed by atoms with van der Waals surface area (Å²) in [6.45, 7) is 2.72. The zero-order valence-corrected chi connectivity index (χ0v) is 11.2. The summed E-state index contributed by atoms with van der Waals surface area (Å²) >= 11 is 0. The topological polar surface area (TPSA) is 63.5 Å². The van der Waals surface area contributed by atoms with E-state index in [0.29, 0.717) is 6.61 Å². The Kier molecular flexibility index (Phi) is 4.13. The highest BCUT2D eigenvalue weighted by molar-refractivity contribution is 5.46. The van der Waals surface area contributed by atoms with Gasteiger partial charge in [0.05, 0.1) is 12.7 Å². The molecule has 0 aromatic heterocycles. The molecule has 1 atom stereocenters. The van der Waals surface area contributed by atoms with Crippen LogP contribution in [0.2, 0.25) is 0 Å². The van der Waals surface area contributed by atoms with E-state index in [9.17, 15) is 0 Å². The molecule has 1 heterocycles. The van der Waals surface area contributed by atoms with Crippen molar-refractivity contribution < 1.29 is 14.2 Å². The van der Waals surface area contributed by atoms with Gasteiger partial charge in [0.25, 0.3) is 0 Å². The summed E-state index contributed by atoms with van der Waals surface area (Å²) in [5, 5.41) is 12.0. The lowest BCUT2D eigenvalue weighted by molar-refractivity contribution is 0.173. The van der Waals surface area contributed by atoms with Crippen molar-refractivity contribution in [2.24, 2.45) is 0 Å². The van der Waals surface area contributed by atoms with Crippen molar-refractivity contribution in [1.29, 1.82) is 5.26 Å². The Morgan fingerprint density at radius 1 is 1.42 bits per heavy atom. The summed E-state index contributed by atoms with van der Waals surface area (Å²) in [6, 6.07) is 7.78. The molecule has 1 N–H and O–H groups in total. The average Bonchev–Trinajstić information content (AvgIpc) is 2.91. The Labute approximate surface area is 113 Å². The molecule has 1 aromatic carbocycles. The summed E-state index contributed by atoms with van der Waals surface area (Å²) in [5.74, 6) is 2.22. The maximum absolute atomic E-state index is 9.02. The molecule has 5 nitrogen and oxygen atoms in total. The van der Waals surface area contributed by atoms with Crippen LogP contribution in [-0.4, -0.2) is 26.0 Å². The highest BCUT2D eigenvalue weighted by Gasteiger charge is 2.20. The van der Waals surface area contributed by atoms with Crippen LogP contribution >= 0.6 is 0 Å². The lowest BCUT2D eigenvalue weighted by Crippen LogP contribution is -2.38. The van der Waals surface area contributed by atoms with E-state index in [4.69, 9.17) is 19.5 Å². The normalized spacial score (nSPS) is 15.6. The molecule has 0 bridgehead atoms. The van der Waals surface area contributed by atoms with Crippen molar-refractivity contribution >= 4 is 0 Å². The van der Waals surface area contributed by atoms with Gasteiger partial charge in [-0.15, -0.1) is 0 Å². The van der Waals surface area contributed by atoms with E-state index < -0.39 is 5.54 Å². The van der Waals surface area contributed by atoms with Crippen LogP contribution in [-0.2, 0) is 0 Å². The second-order valence-corrected chi connectivity index (χ2v) is 4.66. The van der Waals surface area contributed by atoms with Crippen molar-refractivity contribution in [2.45, 2.75) is 25.3 Å². The summed E-state index contributed by atoms with van der Waals surface area (Å²) in [4.78, 5) is 0. The third-order valence-corrected chi connectivity index (χ3v) is 3.23. The molecule has 1 aromatic rings. The van der Waals surface area contributed by atoms with Crippen LogP contribution in [0.15, 0.2) is 18.2 Å². The van der Waals surface area contributed by atoms with Gasteiger partial charge in [0.1, 0.15) is 11.3 Å². The van der Waals surface area contributed by atoms with Gasteiger partial charge in [0.15, 0.2) is 11.5 Å². The molecule has 2 rings (SSSR count). The van der Waals surface area contributed by atoms with Gasteiger partial charge in [-0.05, 0) is 38.9 Å². The first-order valence-corrected chi connectivity index (χ1v) is 6.29. The molecular formula is C14H18N2O3. The Balaban J connectivity index is 1.79. The molecule has 0 fully saturated rings. The van der Waals surface area contributed by atoms with E-state index >= 15 is 0 Å². The summed E-state index contributed by atoms with van der Waals surface area (Å²) < 4.78 is 16.2. The summed E-state index contributed by atoms with van der Waals surface area (Å²) in [6.07, 6.45) is 1.55. The van der Waals surface area contributed by atoms with E-state index in [2.05, 4.69) is 11.4 Å². The van der Waals surface area contributed by atoms with E-state index in [0.717, 1.165) is 30.1 Å². The zero-order valence-electron chi connectivity index (χ0n) is 11.2. The second kappa shape index (κ2) is 5.81. The Morgan fingerprint density at radius 2 is 2.21 bits per heavy atom. The minimum Gasteiger partial charge on any atom is -0.493 e. The fourth-order valence-corrected chi connectivity index (χ4v) is 1.82. The minimum absolute atomic E-state index is 0.265. The Morgan fingerprint density at radius 3 is 2.95 bits per heavy atom. The standard InChI is InChI=1S/C14H18N2O3/c1-14(9-15,16-2)6-3-7-17-11-4-5-12-13(8-11)19-10-18-12/h4-5,8,16H,3,6-7,10H2,1-2H3. The second-order valence-electron chi connectivity index (χ2n) is 4.66. The zero-order chi connectivity index (χ0) is 13.7. The van der Waals surface area contributed by atoms with Gasteiger partial charge in [-0.25, -0.2) is 0 Å². The first kappa shape index (κ1) is 13.5. The largest absolute Gasteiger partial charge is 0.493 e. The van der Waals surface area contributed by atoms with Gasteiger partial charge in [-0.3, -0.25) is 0 Å². The van der Waals surface area contributed by atoms with Crippen LogP contribution in [0.1, 0.15) is 19.8 Å². The predicted octanol–water partition coefficient (Wildman–Crippen LogP) is 2.08. The fourth-order valence-electron chi connectivity index (χ4n) is 1.82. The predicted molar refractivity (Wildman–Crippen MR) is 70.4 cm³/mol. The van der Waals surface area contributed by atoms with Crippen LogP contribution in [0.5, 0.6) is 17.2 Å². The molecule has 1 aliphatic heterocycles. The van der Waals surface area contributed by atoms with E-state index in [-0.39, 0.29) is 6.79 Å². The van der Waals surface area contributed by atoms with Crippen LogP contribution in [0.4, 0.5) is 0 Å². The third kappa shape index (κ3) is 3.30. The molecule has 5 heteroatoms. The van der Waals surface area contributed by atoms with E-state index in [1.807, 2.05) is 25.1 Å². The van der Waals surface area contributed by atoms with Crippen molar-refractivity contribution in [3.63, 3.8) is 0 Å². The molecule has 0 saturated carbocycles. The van der Waals surface area contributed by atoms with Gasteiger partial charge in [0, 0.05) is 6.07 Å². The molecule has 0 radical (unpaired) electrons. The van der Waals surface area contributed by atoms with Crippen molar-refractivity contribution in [1.82, 2.24) is 5.32 Å². The fraction of sp³-hybridized carbons (Fsp3) is 0.500. The number of hydrogen-bond donors (Lipinski definition) is 1. The van der Waals surface area contributed by atoms with E-state index in [1.165, 1.54) is 0 Å². The maximum Gasteiger partial charge on any atom is 0.231 e. The number of benzene rings is 1. The molecular weight excluding hydrogens is 244 g/mol. The van der Waals surface area contributed by atoms with Crippen LogP contribution in [0.25, 0.3) is 0 Å². The molecule has 19 heavy (non-hydrogen) atoms.